The molecule has 4 heteroatoms. The van der Waals surface area contributed by atoms with Gasteiger partial charge in [-0.15, -0.1) is 0 Å². The number of ether oxygens (including phenoxy) is 1. The number of esters is 1. The fraction of sp³-hybridized carbons (Fsp3) is 0.909. The van der Waals surface area contributed by atoms with Crippen LogP contribution in [-0.4, -0.2) is 47.8 Å². The van der Waals surface area contributed by atoms with Crippen LogP contribution in [0.2, 0.25) is 0 Å². The Bertz CT molecular complexity index is 206. The number of nitrogens with zero attached hydrogens (tertiary/aromatic N) is 1. The molecule has 0 aromatic rings. The topological polar surface area (TPSA) is 49.8 Å². The summed E-state index contributed by atoms with van der Waals surface area (Å²) in [7, 11) is 0. The van der Waals surface area contributed by atoms with Crippen molar-refractivity contribution in [2.24, 2.45) is 0 Å². The van der Waals surface area contributed by atoms with Crippen molar-refractivity contribution in [3.8, 4) is 0 Å². The number of likely N-dealkylation sites (tertiary alicyclic amines) is 1. The Kier molecular flexibility index (Phi) is 5.05. The largest absolute Gasteiger partial charge is 0.462 e. The average Bonchev–Trinajstić information content (AvgIpc) is 2.17. The highest BCUT2D eigenvalue weighted by molar-refractivity contribution is 5.71. The van der Waals surface area contributed by atoms with Crippen molar-refractivity contribution in [3.05, 3.63) is 0 Å². The minimum Gasteiger partial charge on any atom is -0.462 e. The summed E-state index contributed by atoms with van der Waals surface area (Å²) in [6.07, 6.45) is 3.16. The van der Waals surface area contributed by atoms with Gasteiger partial charge < -0.3 is 9.84 Å². The summed E-state index contributed by atoms with van der Waals surface area (Å²) in [4.78, 5) is 13.5. The van der Waals surface area contributed by atoms with Gasteiger partial charge in [0.1, 0.15) is 0 Å². The molecule has 0 aliphatic carbocycles. The monoisotopic (exact) mass is 215 g/mol. The van der Waals surface area contributed by atoms with Crippen molar-refractivity contribution >= 4 is 5.97 Å². The molecular weight excluding hydrogens is 194 g/mol. The van der Waals surface area contributed by atoms with E-state index in [0.717, 1.165) is 25.8 Å². The van der Waals surface area contributed by atoms with Gasteiger partial charge in [0.05, 0.1) is 19.3 Å². The number of aliphatic hydroxyl groups is 1. The van der Waals surface area contributed by atoms with E-state index in [0.29, 0.717) is 6.54 Å². The number of carbonyl (C=O) groups is 1. The number of carbonyl (C=O) groups excluding carboxylic acids is 1. The van der Waals surface area contributed by atoms with Crippen molar-refractivity contribution < 1.29 is 14.6 Å². The maximum Gasteiger partial charge on any atom is 0.320 e. The van der Waals surface area contributed by atoms with Crippen LogP contribution in [0.4, 0.5) is 0 Å². The van der Waals surface area contributed by atoms with E-state index in [9.17, 15) is 4.79 Å². The maximum atomic E-state index is 11.4. The standard InChI is InChI=1S/C11H21NO3/c1-9(2)15-11(14)7-12-6-4-3-5-10(12)8-13/h9-10,13H,3-8H2,1-2H3. The zero-order valence-corrected chi connectivity index (χ0v) is 9.61. The molecule has 1 heterocycles. The predicted octanol–water partition coefficient (Wildman–Crippen LogP) is 0.785. The molecule has 0 bridgehead atoms. The Balaban J connectivity index is 2.37. The lowest BCUT2D eigenvalue weighted by Gasteiger charge is -2.33. The number of aliphatic hydroxyl groups excluding tert-OH is 1. The van der Waals surface area contributed by atoms with E-state index in [1.807, 2.05) is 18.7 Å². The summed E-state index contributed by atoms with van der Waals surface area (Å²) < 4.78 is 5.08. The van der Waals surface area contributed by atoms with Crippen LogP contribution in [0.25, 0.3) is 0 Å². The van der Waals surface area contributed by atoms with Gasteiger partial charge in [0.25, 0.3) is 0 Å². The van der Waals surface area contributed by atoms with Crippen LogP contribution in [0.15, 0.2) is 0 Å². The molecular formula is C11H21NO3. The summed E-state index contributed by atoms with van der Waals surface area (Å²) >= 11 is 0. The van der Waals surface area contributed by atoms with Gasteiger partial charge in [-0.2, -0.15) is 0 Å². The van der Waals surface area contributed by atoms with Crippen molar-refractivity contribution in [1.29, 1.82) is 0 Å². The molecule has 0 saturated carbocycles. The highest BCUT2D eigenvalue weighted by atomic mass is 16.5. The van der Waals surface area contributed by atoms with Crippen LogP contribution in [0, 0.1) is 0 Å². The lowest BCUT2D eigenvalue weighted by Crippen LogP contribution is -2.45. The minimum atomic E-state index is -0.189. The molecule has 1 aliphatic rings. The molecule has 4 nitrogen and oxygen atoms in total. The van der Waals surface area contributed by atoms with E-state index in [2.05, 4.69) is 0 Å². The highest BCUT2D eigenvalue weighted by Gasteiger charge is 2.24. The molecule has 1 aliphatic heterocycles. The number of hydrogen-bond donors (Lipinski definition) is 1. The Hall–Kier alpha value is -0.610. The number of piperidine rings is 1. The first kappa shape index (κ1) is 12.5. The number of hydrogen-bond acceptors (Lipinski definition) is 4. The van der Waals surface area contributed by atoms with Gasteiger partial charge in [-0.3, -0.25) is 9.69 Å². The summed E-state index contributed by atoms with van der Waals surface area (Å²) in [5.41, 5.74) is 0. The van der Waals surface area contributed by atoms with Gasteiger partial charge >= 0.3 is 5.97 Å². The van der Waals surface area contributed by atoms with Gasteiger partial charge in [0, 0.05) is 6.04 Å². The Morgan fingerprint density at radius 3 is 2.87 bits per heavy atom. The third-order valence-electron chi connectivity index (χ3n) is 2.66. The fourth-order valence-electron chi connectivity index (χ4n) is 1.94. The number of rotatable bonds is 4. The molecule has 0 aromatic heterocycles. The molecule has 0 aromatic carbocycles. The van der Waals surface area contributed by atoms with E-state index in [1.54, 1.807) is 0 Å². The molecule has 1 rings (SSSR count). The zero-order chi connectivity index (χ0) is 11.3. The zero-order valence-electron chi connectivity index (χ0n) is 9.61. The Labute approximate surface area is 91.2 Å². The summed E-state index contributed by atoms with van der Waals surface area (Å²) in [5.74, 6) is -0.189. The molecule has 0 amide bonds. The van der Waals surface area contributed by atoms with Gasteiger partial charge in [-0.25, -0.2) is 0 Å². The van der Waals surface area contributed by atoms with Crippen LogP contribution >= 0.6 is 0 Å². The SMILES string of the molecule is CC(C)OC(=O)CN1CCCCC1CO. The second kappa shape index (κ2) is 6.08. The molecule has 88 valence electrons. The molecule has 1 N–H and O–H groups in total. The molecule has 1 saturated heterocycles. The summed E-state index contributed by atoms with van der Waals surface area (Å²) in [6.45, 7) is 5.02. The first-order valence-corrected chi connectivity index (χ1v) is 5.68. The van der Waals surface area contributed by atoms with Gasteiger partial charge in [0.15, 0.2) is 0 Å². The lowest BCUT2D eigenvalue weighted by molar-refractivity contribution is -0.149. The van der Waals surface area contributed by atoms with Gasteiger partial charge in [-0.05, 0) is 33.2 Å². The highest BCUT2D eigenvalue weighted by Crippen LogP contribution is 2.16. The van der Waals surface area contributed by atoms with E-state index >= 15 is 0 Å². The van der Waals surface area contributed by atoms with Crippen molar-refractivity contribution in [2.75, 3.05) is 19.7 Å². The van der Waals surface area contributed by atoms with Crippen molar-refractivity contribution in [2.45, 2.75) is 45.3 Å². The van der Waals surface area contributed by atoms with Crippen molar-refractivity contribution in [1.82, 2.24) is 4.90 Å². The second-order valence-electron chi connectivity index (χ2n) is 4.34. The molecule has 1 fully saturated rings. The van der Waals surface area contributed by atoms with Crippen LogP contribution in [0.3, 0.4) is 0 Å². The van der Waals surface area contributed by atoms with E-state index in [4.69, 9.17) is 9.84 Å². The first-order valence-electron chi connectivity index (χ1n) is 5.68. The van der Waals surface area contributed by atoms with Crippen LogP contribution in [0.5, 0.6) is 0 Å². The van der Waals surface area contributed by atoms with Gasteiger partial charge in [-0.1, -0.05) is 6.42 Å². The third kappa shape index (κ3) is 4.18. The molecule has 0 spiro atoms. The Morgan fingerprint density at radius 1 is 1.53 bits per heavy atom. The molecule has 1 unspecified atom stereocenters. The maximum absolute atomic E-state index is 11.4. The minimum absolute atomic E-state index is 0.0603. The fourth-order valence-corrected chi connectivity index (χ4v) is 1.94. The van der Waals surface area contributed by atoms with Crippen LogP contribution < -0.4 is 0 Å². The first-order chi connectivity index (χ1) is 7.13. The quantitative estimate of drug-likeness (QED) is 0.704. The lowest BCUT2D eigenvalue weighted by atomic mass is 10.0. The smallest absolute Gasteiger partial charge is 0.320 e. The second-order valence-corrected chi connectivity index (χ2v) is 4.34. The van der Waals surface area contributed by atoms with E-state index in [1.165, 1.54) is 0 Å². The Morgan fingerprint density at radius 2 is 2.27 bits per heavy atom. The predicted molar refractivity (Wildman–Crippen MR) is 57.5 cm³/mol. The molecule has 15 heavy (non-hydrogen) atoms. The summed E-state index contributed by atoms with van der Waals surface area (Å²) in [6, 6.07) is 0.137. The van der Waals surface area contributed by atoms with Gasteiger partial charge in [0.2, 0.25) is 0 Å². The summed E-state index contributed by atoms with van der Waals surface area (Å²) in [5, 5.41) is 9.16. The van der Waals surface area contributed by atoms with E-state index < -0.39 is 0 Å². The molecule has 0 radical (unpaired) electrons. The van der Waals surface area contributed by atoms with Crippen LogP contribution in [-0.2, 0) is 9.53 Å². The van der Waals surface area contributed by atoms with E-state index in [-0.39, 0.29) is 24.7 Å². The average molecular weight is 215 g/mol. The molecule has 1 atom stereocenters. The van der Waals surface area contributed by atoms with Crippen molar-refractivity contribution in [3.63, 3.8) is 0 Å². The van der Waals surface area contributed by atoms with Crippen LogP contribution in [0.1, 0.15) is 33.1 Å². The third-order valence-corrected chi connectivity index (χ3v) is 2.66. The normalized spacial score (nSPS) is 23.1.